The zero-order valence-electron chi connectivity index (χ0n) is 12.9. The van der Waals surface area contributed by atoms with Crippen molar-refractivity contribution in [2.24, 2.45) is 0 Å². The van der Waals surface area contributed by atoms with E-state index >= 15 is 0 Å². The van der Waals surface area contributed by atoms with Crippen molar-refractivity contribution < 1.29 is 4.74 Å². The summed E-state index contributed by atoms with van der Waals surface area (Å²) in [6.07, 6.45) is 3.79. The van der Waals surface area contributed by atoms with Crippen molar-refractivity contribution in [2.45, 2.75) is 39.2 Å². The highest BCUT2D eigenvalue weighted by Crippen LogP contribution is 2.17. The highest BCUT2D eigenvalue weighted by Gasteiger charge is 2.11. The molecule has 0 radical (unpaired) electrons. The summed E-state index contributed by atoms with van der Waals surface area (Å²) in [6, 6.07) is 8.88. The Hall–Kier alpha value is -1.06. The first kappa shape index (κ1) is 15.3. The van der Waals surface area contributed by atoms with E-state index in [1.165, 1.54) is 38.0 Å². The molecule has 0 aliphatic carbocycles. The van der Waals surface area contributed by atoms with Crippen LogP contribution in [0.25, 0.3) is 0 Å². The maximum absolute atomic E-state index is 5.61. The van der Waals surface area contributed by atoms with Gasteiger partial charge in [-0.05, 0) is 57.0 Å². The lowest BCUT2D eigenvalue weighted by molar-refractivity contribution is 0.317. The van der Waals surface area contributed by atoms with Crippen LogP contribution in [0, 0.1) is 0 Å². The van der Waals surface area contributed by atoms with Gasteiger partial charge >= 0.3 is 0 Å². The van der Waals surface area contributed by atoms with Crippen LogP contribution in [0.2, 0.25) is 0 Å². The second-order valence-electron chi connectivity index (χ2n) is 5.64. The van der Waals surface area contributed by atoms with Gasteiger partial charge < -0.3 is 15.0 Å². The SMILES string of the molecule is CCCOc1ccc(C(C)NCCN2CCCC2)cc1. The molecule has 1 aliphatic rings. The molecule has 1 fully saturated rings. The van der Waals surface area contributed by atoms with E-state index in [-0.39, 0.29) is 0 Å². The minimum atomic E-state index is 0.401. The van der Waals surface area contributed by atoms with Crippen molar-refractivity contribution >= 4 is 0 Å². The molecule has 1 unspecified atom stereocenters. The molecule has 0 spiro atoms. The molecule has 1 heterocycles. The van der Waals surface area contributed by atoms with Gasteiger partial charge in [0.05, 0.1) is 6.61 Å². The molecule has 1 aliphatic heterocycles. The fourth-order valence-electron chi connectivity index (χ4n) is 2.64. The lowest BCUT2D eigenvalue weighted by Crippen LogP contribution is -2.31. The lowest BCUT2D eigenvalue weighted by atomic mass is 10.1. The van der Waals surface area contributed by atoms with Crippen LogP contribution in [0.3, 0.4) is 0 Å². The molecule has 1 atom stereocenters. The first-order chi connectivity index (χ1) is 9.79. The summed E-state index contributed by atoms with van der Waals surface area (Å²) >= 11 is 0. The Labute approximate surface area is 123 Å². The highest BCUT2D eigenvalue weighted by atomic mass is 16.5. The largest absolute Gasteiger partial charge is 0.494 e. The van der Waals surface area contributed by atoms with Gasteiger partial charge in [0.2, 0.25) is 0 Å². The third-order valence-electron chi connectivity index (χ3n) is 3.93. The molecule has 1 aromatic carbocycles. The molecule has 0 saturated carbocycles. The molecule has 0 bridgehead atoms. The van der Waals surface area contributed by atoms with Crippen LogP contribution in [-0.4, -0.2) is 37.7 Å². The normalized spacial score (nSPS) is 17.3. The summed E-state index contributed by atoms with van der Waals surface area (Å²) in [5.74, 6) is 0.972. The quantitative estimate of drug-likeness (QED) is 0.789. The predicted molar refractivity (Wildman–Crippen MR) is 84.3 cm³/mol. The molecular weight excluding hydrogens is 248 g/mol. The fourth-order valence-corrected chi connectivity index (χ4v) is 2.64. The minimum Gasteiger partial charge on any atom is -0.494 e. The van der Waals surface area contributed by atoms with Gasteiger partial charge in [0.1, 0.15) is 5.75 Å². The molecule has 112 valence electrons. The average Bonchev–Trinajstić information content (AvgIpc) is 2.99. The minimum absolute atomic E-state index is 0.401. The highest BCUT2D eigenvalue weighted by molar-refractivity contribution is 5.28. The van der Waals surface area contributed by atoms with Crippen LogP contribution in [0.15, 0.2) is 24.3 Å². The number of likely N-dealkylation sites (tertiary alicyclic amines) is 1. The second-order valence-corrected chi connectivity index (χ2v) is 5.64. The van der Waals surface area contributed by atoms with Crippen LogP contribution >= 0.6 is 0 Å². The lowest BCUT2D eigenvalue weighted by Gasteiger charge is -2.18. The first-order valence-electron chi connectivity index (χ1n) is 7.98. The zero-order valence-corrected chi connectivity index (χ0v) is 12.9. The summed E-state index contributed by atoms with van der Waals surface area (Å²) in [5, 5.41) is 3.61. The summed E-state index contributed by atoms with van der Waals surface area (Å²) in [6.45, 7) is 9.94. The second kappa shape index (κ2) is 8.28. The van der Waals surface area contributed by atoms with Gasteiger partial charge in [-0.15, -0.1) is 0 Å². The van der Waals surface area contributed by atoms with Crippen molar-refractivity contribution in [1.29, 1.82) is 0 Å². The number of hydrogen-bond acceptors (Lipinski definition) is 3. The average molecular weight is 276 g/mol. The summed E-state index contributed by atoms with van der Waals surface area (Å²) in [5.41, 5.74) is 1.33. The Bertz CT molecular complexity index is 371. The van der Waals surface area contributed by atoms with E-state index in [1.54, 1.807) is 0 Å². The maximum atomic E-state index is 5.61. The standard InChI is InChI=1S/C17H28N2O/c1-3-14-20-17-8-6-16(7-9-17)15(2)18-10-13-19-11-4-5-12-19/h6-9,15,18H,3-5,10-14H2,1-2H3. The van der Waals surface area contributed by atoms with Crippen molar-refractivity contribution in [2.75, 3.05) is 32.8 Å². The molecule has 3 heteroatoms. The third kappa shape index (κ3) is 4.80. The van der Waals surface area contributed by atoms with Gasteiger partial charge in [0.25, 0.3) is 0 Å². The van der Waals surface area contributed by atoms with Gasteiger partial charge in [-0.25, -0.2) is 0 Å². The van der Waals surface area contributed by atoms with Gasteiger partial charge in [0.15, 0.2) is 0 Å². The summed E-state index contributed by atoms with van der Waals surface area (Å²) < 4.78 is 5.61. The molecule has 1 N–H and O–H groups in total. The number of ether oxygens (including phenoxy) is 1. The third-order valence-corrected chi connectivity index (χ3v) is 3.93. The molecule has 2 rings (SSSR count). The van der Waals surface area contributed by atoms with Crippen LogP contribution in [0.5, 0.6) is 5.75 Å². The molecule has 3 nitrogen and oxygen atoms in total. The Kier molecular flexibility index (Phi) is 6.34. The number of hydrogen-bond donors (Lipinski definition) is 1. The Morgan fingerprint density at radius 3 is 2.55 bits per heavy atom. The van der Waals surface area contributed by atoms with Crippen molar-refractivity contribution in [1.82, 2.24) is 10.2 Å². The summed E-state index contributed by atoms with van der Waals surface area (Å²) in [4.78, 5) is 2.54. The van der Waals surface area contributed by atoms with E-state index in [0.717, 1.165) is 25.3 Å². The molecule has 1 aromatic rings. The number of nitrogens with zero attached hydrogens (tertiary/aromatic N) is 1. The van der Waals surface area contributed by atoms with E-state index in [0.29, 0.717) is 6.04 Å². The molecule has 0 amide bonds. The number of benzene rings is 1. The smallest absolute Gasteiger partial charge is 0.119 e. The van der Waals surface area contributed by atoms with Crippen LogP contribution < -0.4 is 10.1 Å². The topological polar surface area (TPSA) is 24.5 Å². The monoisotopic (exact) mass is 276 g/mol. The molecular formula is C17H28N2O. The summed E-state index contributed by atoms with van der Waals surface area (Å²) in [7, 11) is 0. The van der Waals surface area contributed by atoms with Crippen molar-refractivity contribution in [3.63, 3.8) is 0 Å². The molecule has 20 heavy (non-hydrogen) atoms. The van der Waals surface area contributed by atoms with Gasteiger partial charge in [-0.3, -0.25) is 0 Å². The van der Waals surface area contributed by atoms with E-state index in [2.05, 4.69) is 48.3 Å². The Morgan fingerprint density at radius 2 is 1.90 bits per heavy atom. The van der Waals surface area contributed by atoms with Gasteiger partial charge in [-0.2, -0.15) is 0 Å². The zero-order chi connectivity index (χ0) is 14.2. The fraction of sp³-hybridized carbons (Fsp3) is 0.647. The Balaban J connectivity index is 1.72. The Morgan fingerprint density at radius 1 is 1.20 bits per heavy atom. The predicted octanol–water partition coefficient (Wildman–Crippen LogP) is 3.22. The van der Waals surface area contributed by atoms with Crippen molar-refractivity contribution in [3.8, 4) is 5.75 Å². The van der Waals surface area contributed by atoms with Gasteiger partial charge in [-0.1, -0.05) is 19.1 Å². The molecule has 0 aromatic heterocycles. The van der Waals surface area contributed by atoms with E-state index in [4.69, 9.17) is 4.74 Å². The van der Waals surface area contributed by atoms with Crippen LogP contribution in [0.1, 0.15) is 44.7 Å². The van der Waals surface area contributed by atoms with E-state index < -0.39 is 0 Å². The number of nitrogens with one attached hydrogen (secondary N) is 1. The molecule has 1 saturated heterocycles. The van der Waals surface area contributed by atoms with Gasteiger partial charge in [0, 0.05) is 19.1 Å². The first-order valence-corrected chi connectivity index (χ1v) is 7.98. The maximum Gasteiger partial charge on any atom is 0.119 e. The van der Waals surface area contributed by atoms with Crippen molar-refractivity contribution in [3.05, 3.63) is 29.8 Å². The van der Waals surface area contributed by atoms with E-state index in [1.807, 2.05) is 0 Å². The number of rotatable bonds is 8. The van der Waals surface area contributed by atoms with Crippen LogP contribution in [-0.2, 0) is 0 Å². The van der Waals surface area contributed by atoms with E-state index in [9.17, 15) is 0 Å². The van der Waals surface area contributed by atoms with Crippen LogP contribution in [0.4, 0.5) is 0 Å².